The largest absolute Gasteiger partial charge is 0.329 e. The summed E-state index contributed by atoms with van der Waals surface area (Å²) in [5.74, 6) is 0.0612. The van der Waals surface area contributed by atoms with Gasteiger partial charge in [-0.3, -0.25) is 4.79 Å². The van der Waals surface area contributed by atoms with Crippen molar-refractivity contribution >= 4 is 23.5 Å². The van der Waals surface area contributed by atoms with Gasteiger partial charge in [0.25, 0.3) is 5.91 Å². The number of nitrogens with zero attached hydrogens (tertiary/aromatic N) is 1. The third kappa shape index (κ3) is 3.51. The minimum absolute atomic E-state index is 0.150. The van der Waals surface area contributed by atoms with Crippen LogP contribution < -0.4 is 10.2 Å². The standard InChI is InChI=1S/C18H23ClFN3O2/c1-12-6-8-18(9-7-12)16(24)23(17(25)21-18)11-22(2)10-13-14(19)4-3-5-15(13)20/h3-5,12H,6-11H2,1-2H3,(H,21,25)/p+1. The van der Waals surface area contributed by atoms with Crippen molar-refractivity contribution < 1.29 is 18.9 Å². The van der Waals surface area contributed by atoms with Crippen LogP contribution in [0.3, 0.4) is 0 Å². The average Bonchev–Trinajstić information content (AvgIpc) is 2.79. The van der Waals surface area contributed by atoms with Crippen molar-refractivity contribution in [3.8, 4) is 0 Å². The van der Waals surface area contributed by atoms with E-state index in [2.05, 4.69) is 12.2 Å². The molecule has 3 rings (SSSR count). The molecule has 1 saturated heterocycles. The van der Waals surface area contributed by atoms with Gasteiger partial charge in [-0.25, -0.2) is 14.1 Å². The van der Waals surface area contributed by atoms with E-state index in [1.807, 2.05) is 7.05 Å². The number of carbonyl (C=O) groups excluding carboxylic acids is 2. The number of nitrogens with one attached hydrogen (secondary N) is 2. The predicted octanol–water partition coefficient (Wildman–Crippen LogP) is 1.95. The molecule has 1 aliphatic carbocycles. The molecular formula is C18H24ClFN3O2+. The van der Waals surface area contributed by atoms with E-state index in [0.717, 1.165) is 17.7 Å². The van der Waals surface area contributed by atoms with E-state index in [0.29, 0.717) is 35.9 Å². The van der Waals surface area contributed by atoms with Crippen LogP contribution in [0.1, 0.15) is 38.2 Å². The summed E-state index contributed by atoms with van der Waals surface area (Å²) in [5, 5.41) is 3.26. The Hall–Kier alpha value is -1.66. The summed E-state index contributed by atoms with van der Waals surface area (Å²) in [4.78, 5) is 27.3. The molecule has 1 heterocycles. The molecule has 7 heteroatoms. The Morgan fingerprint density at radius 1 is 1.36 bits per heavy atom. The lowest BCUT2D eigenvalue weighted by molar-refractivity contribution is -0.901. The van der Waals surface area contributed by atoms with Crippen molar-refractivity contribution in [3.63, 3.8) is 0 Å². The number of hydrogen-bond acceptors (Lipinski definition) is 2. The summed E-state index contributed by atoms with van der Waals surface area (Å²) < 4.78 is 13.9. The van der Waals surface area contributed by atoms with Crippen LogP contribution in [0.5, 0.6) is 0 Å². The van der Waals surface area contributed by atoms with Crippen molar-refractivity contribution in [1.82, 2.24) is 10.2 Å². The van der Waals surface area contributed by atoms with E-state index < -0.39 is 5.54 Å². The molecule has 1 saturated carbocycles. The van der Waals surface area contributed by atoms with Crippen molar-refractivity contribution in [1.29, 1.82) is 0 Å². The molecule has 1 aromatic rings. The zero-order valence-electron chi connectivity index (χ0n) is 14.6. The molecule has 5 nitrogen and oxygen atoms in total. The number of halogens is 2. The molecule has 1 aliphatic heterocycles. The summed E-state index contributed by atoms with van der Waals surface area (Å²) in [5.41, 5.74) is -0.339. The Bertz CT molecular complexity index is 669. The second-order valence-corrected chi connectivity index (χ2v) is 7.83. The summed E-state index contributed by atoms with van der Waals surface area (Å²) in [6.45, 7) is 2.65. The molecule has 25 heavy (non-hydrogen) atoms. The summed E-state index contributed by atoms with van der Waals surface area (Å²) >= 11 is 6.06. The van der Waals surface area contributed by atoms with Gasteiger partial charge in [0.2, 0.25) is 0 Å². The Balaban J connectivity index is 1.68. The molecule has 2 fully saturated rings. The maximum atomic E-state index is 13.9. The molecule has 0 bridgehead atoms. The van der Waals surface area contributed by atoms with E-state index in [4.69, 9.17) is 11.6 Å². The van der Waals surface area contributed by atoms with E-state index in [1.54, 1.807) is 12.1 Å². The minimum Gasteiger partial charge on any atom is -0.323 e. The van der Waals surface area contributed by atoms with Crippen LogP contribution in [0.25, 0.3) is 0 Å². The number of imide groups is 1. The Kier molecular flexibility index (Phi) is 5.02. The lowest BCUT2D eigenvalue weighted by atomic mass is 9.77. The van der Waals surface area contributed by atoms with Crippen molar-refractivity contribution in [2.45, 2.75) is 44.7 Å². The highest BCUT2D eigenvalue weighted by Gasteiger charge is 2.52. The van der Waals surface area contributed by atoms with Gasteiger partial charge in [-0.1, -0.05) is 24.6 Å². The molecule has 1 spiro atoms. The Labute approximate surface area is 152 Å². The zero-order valence-corrected chi connectivity index (χ0v) is 15.3. The zero-order chi connectivity index (χ0) is 18.2. The van der Waals surface area contributed by atoms with E-state index in [9.17, 15) is 14.0 Å². The first-order valence-corrected chi connectivity index (χ1v) is 9.08. The number of hydrogen-bond donors (Lipinski definition) is 2. The molecule has 3 amide bonds. The summed E-state index contributed by atoms with van der Waals surface area (Å²) in [6.07, 6.45) is 3.25. The number of carbonyl (C=O) groups is 2. The number of quaternary nitrogens is 1. The lowest BCUT2D eigenvalue weighted by Gasteiger charge is -2.33. The lowest BCUT2D eigenvalue weighted by Crippen LogP contribution is -3.09. The Morgan fingerprint density at radius 3 is 2.68 bits per heavy atom. The SMILES string of the molecule is CC1CCC2(CC1)NC(=O)N(C[NH+](C)Cc1c(F)cccc1Cl)C2=O. The van der Waals surface area contributed by atoms with Gasteiger partial charge in [-0.05, 0) is 43.7 Å². The fourth-order valence-corrected chi connectivity index (χ4v) is 3.97. The van der Waals surface area contributed by atoms with Crippen LogP contribution in [0, 0.1) is 11.7 Å². The van der Waals surface area contributed by atoms with Gasteiger partial charge >= 0.3 is 6.03 Å². The van der Waals surface area contributed by atoms with Crippen LogP contribution in [-0.2, 0) is 11.3 Å². The number of benzene rings is 1. The third-order valence-corrected chi connectivity index (χ3v) is 5.70. The maximum Gasteiger partial charge on any atom is 0.329 e. The van der Waals surface area contributed by atoms with Gasteiger partial charge in [0, 0.05) is 0 Å². The highest BCUT2D eigenvalue weighted by molar-refractivity contribution is 6.31. The van der Waals surface area contributed by atoms with Crippen LogP contribution in [-0.4, -0.2) is 36.1 Å². The van der Waals surface area contributed by atoms with Gasteiger partial charge in [0.15, 0.2) is 6.67 Å². The van der Waals surface area contributed by atoms with Crippen LogP contribution >= 0.6 is 11.6 Å². The molecular weight excluding hydrogens is 345 g/mol. The van der Waals surface area contributed by atoms with E-state index >= 15 is 0 Å². The molecule has 1 unspecified atom stereocenters. The van der Waals surface area contributed by atoms with E-state index in [1.165, 1.54) is 11.0 Å². The van der Waals surface area contributed by atoms with Crippen molar-refractivity contribution in [3.05, 3.63) is 34.6 Å². The molecule has 0 aromatic heterocycles. The normalized spacial score (nSPS) is 27.7. The predicted molar refractivity (Wildman–Crippen MR) is 92.6 cm³/mol. The van der Waals surface area contributed by atoms with Gasteiger partial charge in [0.1, 0.15) is 17.9 Å². The number of amides is 3. The van der Waals surface area contributed by atoms with Gasteiger partial charge in [-0.15, -0.1) is 0 Å². The summed E-state index contributed by atoms with van der Waals surface area (Å²) in [7, 11) is 1.82. The van der Waals surface area contributed by atoms with Gasteiger partial charge in [-0.2, -0.15) is 0 Å². The average molecular weight is 369 g/mol. The summed E-state index contributed by atoms with van der Waals surface area (Å²) in [6, 6.07) is 4.21. The molecule has 0 radical (unpaired) electrons. The first-order valence-electron chi connectivity index (χ1n) is 8.71. The monoisotopic (exact) mass is 368 g/mol. The first-order chi connectivity index (χ1) is 11.8. The quantitative estimate of drug-likeness (QED) is 0.798. The van der Waals surface area contributed by atoms with Crippen LogP contribution in [0.15, 0.2) is 18.2 Å². The van der Waals surface area contributed by atoms with E-state index in [-0.39, 0.29) is 24.4 Å². The molecule has 2 aliphatic rings. The highest BCUT2D eigenvalue weighted by atomic mass is 35.5. The number of urea groups is 1. The third-order valence-electron chi connectivity index (χ3n) is 5.34. The smallest absolute Gasteiger partial charge is 0.323 e. The minimum atomic E-state index is -0.737. The number of rotatable bonds is 4. The van der Waals surface area contributed by atoms with Crippen LogP contribution in [0.4, 0.5) is 9.18 Å². The fraction of sp³-hybridized carbons (Fsp3) is 0.556. The topological polar surface area (TPSA) is 53.9 Å². The van der Waals surface area contributed by atoms with Crippen molar-refractivity contribution in [2.75, 3.05) is 13.7 Å². The molecule has 2 N–H and O–H groups in total. The Morgan fingerprint density at radius 2 is 2.04 bits per heavy atom. The second kappa shape index (κ2) is 6.92. The highest BCUT2D eigenvalue weighted by Crippen LogP contribution is 2.35. The first kappa shape index (κ1) is 18.1. The molecule has 136 valence electrons. The second-order valence-electron chi connectivity index (χ2n) is 7.42. The fourth-order valence-electron chi connectivity index (χ4n) is 3.74. The van der Waals surface area contributed by atoms with Crippen LogP contribution in [0.2, 0.25) is 5.02 Å². The van der Waals surface area contributed by atoms with Crippen molar-refractivity contribution in [2.24, 2.45) is 5.92 Å². The van der Waals surface area contributed by atoms with Gasteiger partial charge in [0.05, 0.1) is 17.6 Å². The maximum absolute atomic E-state index is 13.9. The molecule has 1 aromatic carbocycles. The van der Waals surface area contributed by atoms with Gasteiger partial charge < -0.3 is 10.2 Å². The molecule has 1 atom stereocenters.